The monoisotopic (exact) mass is 231 g/mol. The highest BCUT2D eigenvalue weighted by atomic mass is 28.4. The Balaban J connectivity index is 4.65. The van der Waals surface area contributed by atoms with Crippen molar-refractivity contribution in [3.05, 3.63) is 6.92 Å². The molecule has 0 rings (SSSR count). The third-order valence-electron chi connectivity index (χ3n) is 2.94. The molecule has 91 valence electrons. The van der Waals surface area contributed by atoms with Crippen LogP contribution >= 0.6 is 0 Å². The van der Waals surface area contributed by atoms with Gasteiger partial charge in [0.15, 0.2) is 0 Å². The molecule has 0 heterocycles. The summed E-state index contributed by atoms with van der Waals surface area (Å²) in [7, 11) is -1.96. The van der Waals surface area contributed by atoms with Crippen molar-refractivity contribution < 1.29 is 8.85 Å². The van der Waals surface area contributed by atoms with E-state index < -0.39 is 8.56 Å². The van der Waals surface area contributed by atoms with Crippen LogP contribution in [0.3, 0.4) is 0 Å². The Morgan fingerprint density at radius 2 is 1.60 bits per heavy atom. The van der Waals surface area contributed by atoms with Gasteiger partial charge in [-0.25, -0.2) is 0 Å². The molecule has 2 nitrogen and oxygen atoms in total. The third-order valence-corrected chi connectivity index (χ3v) is 7.42. The van der Waals surface area contributed by atoms with E-state index in [0.29, 0.717) is 5.54 Å². The van der Waals surface area contributed by atoms with Crippen LogP contribution in [0.25, 0.3) is 0 Å². The van der Waals surface area contributed by atoms with Crippen molar-refractivity contribution in [3.63, 3.8) is 0 Å². The molecule has 1 atom stereocenters. The Kier molecular flexibility index (Phi) is 8.38. The third kappa shape index (κ3) is 4.25. The summed E-state index contributed by atoms with van der Waals surface area (Å²) in [5.41, 5.74) is 0.597. The van der Waals surface area contributed by atoms with E-state index in [1.807, 2.05) is 0 Å². The van der Waals surface area contributed by atoms with Gasteiger partial charge in [0.05, 0.1) is 0 Å². The van der Waals surface area contributed by atoms with Gasteiger partial charge in [-0.3, -0.25) is 0 Å². The second kappa shape index (κ2) is 8.31. The molecule has 0 bridgehead atoms. The second-order valence-corrected chi connectivity index (χ2v) is 7.50. The molecule has 0 aliphatic carbocycles. The van der Waals surface area contributed by atoms with E-state index in [-0.39, 0.29) is 0 Å². The zero-order valence-corrected chi connectivity index (χ0v) is 11.8. The van der Waals surface area contributed by atoms with Crippen molar-refractivity contribution in [2.45, 2.75) is 58.5 Å². The van der Waals surface area contributed by atoms with Crippen molar-refractivity contribution in [1.29, 1.82) is 0 Å². The lowest BCUT2D eigenvalue weighted by Crippen LogP contribution is -2.46. The van der Waals surface area contributed by atoms with Crippen molar-refractivity contribution in [2.24, 2.45) is 0 Å². The maximum Gasteiger partial charge on any atom is 0.341 e. The molecule has 0 saturated carbocycles. The zero-order valence-electron chi connectivity index (χ0n) is 10.8. The molecule has 0 spiro atoms. The van der Waals surface area contributed by atoms with Crippen molar-refractivity contribution in [3.8, 4) is 0 Å². The molecule has 0 N–H and O–H groups in total. The van der Waals surface area contributed by atoms with E-state index in [4.69, 9.17) is 8.85 Å². The molecule has 0 aliphatic rings. The standard InChI is InChI=1S/C12H27O2Si/c1-6-11-12(7-2)15(10-5,13-8-3)14-9-4/h12H,1,6-11H2,2-5H3. The first-order valence-corrected chi connectivity index (χ1v) is 8.37. The Morgan fingerprint density at radius 3 is 1.87 bits per heavy atom. The minimum Gasteiger partial charge on any atom is -0.394 e. The molecule has 15 heavy (non-hydrogen) atoms. The Labute approximate surface area is 96.6 Å². The first kappa shape index (κ1) is 15.1. The van der Waals surface area contributed by atoms with Crippen molar-refractivity contribution in [1.82, 2.24) is 0 Å². The fourth-order valence-electron chi connectivity index (χ4n) is 2.24. The van der Waals surface area contributed by atoms with E-state index in [9.17, 15) is 0 Å². The minimum absolute atomic E-state index is 0.597. The van der Waals surface area contributed by atoms with Crippen LogP contribution < -0.4 is 0 Å². The van der Waals surface area contributed by atoms with Gasteiger partial charge in [0, 0.05) is 18.8 Å². The predicted molar refractivity (Wildman–Crippen MR) is 68.1 cm³/mol. The first-order valence-electron chi connectivity index (χ1n) is 6.27. The molecule has 0 aromatic heterocycles. The zero-order chi connectivity index (χ0) is 11.7. The molecule has 0 aliphatic heterocycles. The van der Waals surface area contributed by atoms with Gasteiger partial charge < -0.3 is 8.85 Å². The van der Waals surface area contributed by atoms with Gasteiger partial charge in [-0.2, -0.15) is 0 Å². The molecule has 0 amide bonds. The van der Waals surface area contributed by atoms with E-state index in [1.165, 1.54) is 0 Å². The summed E-state index contributed by atoms with van der Waals surface area (Å²) in [6.45, 7) is 14.1. The van der Waals surface area contributed by atoms with Gasteiger partial charge in [-0.1, -0.05) is 33.6 Å². The summed E-state index contributed by atoms with van der Waals surface area (Å²) in [6, 6.07) is 1.05. The van der Waals surface area contributed by atoms with Crippen LogP contribution in [0.2, 0.25) is 11.6 Å². The summed E-state index contributed by atoms with van der Waals surface area (Å²) in [5.74, 6) is 0. The van der Waals surface area contributed by atoms with E-state index in [1.54, 1.807) is 0 Å². The molecule has 0 aromatic rings. The van der Waals surface area contributed by atoms with Crippen LogP contribution in [-0.2, 0) is 8.85 Å². The molecule has 1 radical (unpaired) electrons. The van der Waals surface area contributed by atoms with Gasteiger partial charge in [0.2, 0.25) is 0 Å². The van der Waals surface area contributed by atoms with Gasteiger partial charge >= 0.3 is 8.56 Å². The van der Waals surface area contributed by atoms with E-state index >= 15 is 0 Å². The quantitative estimate of drug-likeness (QED) is 0.560. The van der Waals surface area contributed by atoms with Gasteiger partial charge in [0.1, 0.15) is 0 Å². The van der Waals surface area contributed by atoms with E-state index in [0.717, 1.165) is 38.5 Å². The lowest BCUT2D eigenvalue weighted by atomic mass is 10.2. The summed E-state index contributed by atoms with van der Waals surface area (Å²) in [5, 5.41) is 0. The Hall–Kier alpha value is 0.137. The van der Waals surface area contributed by atoms with Crippen LogP contribution in [0.1, 0.15) is 47.0 Å². The summed E-state index contributed by atoms with van der Waals surface area (Å²) >= 11 is 0. The number of hydrogen-bond donors (Lipinski definition) is 0. The first-order chi connectivity index (χ1) is 7.20. The fraction of sp³-hybridized carbons (Fsp3) is 0.917. The van der Waals surface area contributed by atoms with Gasteiger partial charge in [-0.15, -0.1) is 0 Å². The lowest BCUT2D eigenvalue weighted by Gasteiger charge is -2.35. The van der Waals surface area contributed by atoms with Crippen LogP contribution in [0.5, 0.6) is 0 Å². The molecule has 3 heteroatoms. The maximum absolute atomic E-state index is 6.01. The molecular weight excluding hydrogens is 204 g/mol. The summed E-state index contributed by atoms with van der Waals surface area (Å²) < 4.78 is 12.0. The highest BCUT2D eigenvalue weighted by Crippen LogP contribution is 2.34. The minimum atomic E-state index is -1.96. The van der Waals surface area contributed by atoms with Crippen LogP contribution in [0, 0.1) is 6.92 Å². The van der Waals surface area contributed by atoms with Crippen LogP contribution in [-0.4, -0.2) is 21.8 Å². The van der Waals surface area contributed by atoms with Crippen LogP contribution in [0.15, 0.2) is 0 Å². The second-order valence-electron chi connectivity index (χ2n) is 3.78. The summed E-state index contributed by atoms with van der Waals surface area (Å²) in [6.07, 6.45) is 3.26. The van der Waals surface area contributed by atoms with Gasteiger partial charge in [-0.05, 0) is 26.3 Å². The Bertz CT molecular complexity index is 145. The summed E-state index contributed by atoms with van der Waals surface area (Å²) in [4.78, 5) is 0. The van der Waals surface area contributed by atoms with E-state index in [2.05, 4.69) is 34.6 Å². The lowest BCUT2D eigenvalue weighted by molar-refractivity contribution is 0.170. The maximum atomic E-state index is 6.01. The highest BCUT2D eigenvalue weighted by molar-refractivity contribution is 6.68. The van der Waals surface area contributed by atoms with Crippen LogP contribution in [0.4, 0.5) is 0 Å². The average Bonchev–Trinajstić information content (AvgIpc) is 2.25. The largest absolute Gasteiger partial charge is 0.394 e. The Morgan fingerprint density at radius 1 is 1.07 bits per heavy atom. The van der Waals surface area contributed by atoms with Gasteiger partial charge in [0.25, 0.3) is 0 Å². The van der Waals surface area contributed by atoms with Crippen molar-refractivity contribution in [2.75, 3.05) is 13.2 Å². The average molecular weight is 231 g/mol. The molecular formula is C12H27O2Si. The molecule has 1 unspecified atom stereocenters. The molecule has 0 aromatic carbocycles. The predicted octanol–water partition coefficient (Wildman–Crippen LogP) is 3.92. The van der Waals surface area contributed by atoms with Crippen molar-refractivity contribution >= 4 is 8.56 Å². The molecule has 0 fully saturated rings. The fourth-order valence-corrected chi connectivity index (χ4v) is 6.02. The SMILES string of the molecule is [CH2]CCC(CC)[Si](CC)(OCC)OCC. The number of rotatable bonds is 9. The topological polar surface area (TPSA) is 18.5 Å². The smallest absolute Gasteiger partial charge is 0.341 e. The normalized spacial score (nSPS) is 14.2. The highest BCUT2D eigenvalue weighted by Gasteiger charge is 2.42. The molecule has 0 saturated heterocycles. The number of hydrogen-bond acceptors (Lipinski definition) is 2.